The van der Waals surface area contributed by atoms with Crippen LogP contribution in [0.25, 0.3) is 0 Å². The largest absolute Gasteiger partial charge is 0.328 e. The third-order valence-electron chi connectivity index (χ3n) is 5.03. The van der Waals surface area contributed by atoms with Gasteiger partial charge in [0, 0.05) is 34.0 Å². The van der Waals surface area contributed by atoms with Crippen LogP contribution in [-0.2, 0) is 4.79 Å². The molecule has 1 aromatic heterocycles. The number of benzene rings is 1. The van der Waals surface area contributed by atoms with Crippen molar-refractivity contribution in [3.05, 3.63) is 46.1 Å². The Bertz CT molecular complexity index is 892. The molecular weight excluding hydrogens is 380 g/mol. The Kier molecular flexibility index (Phi) is 5.55. The van der Waals surface area contributed by atoms with Gasteiger partial charge in [-0.2, -0.15) is 4.98 Å². The molecule has 0 saturated heterocycles. The highest BCUT2D eigenvalue weighted by atomic mass is 35.5. The Hall–Kier alpha value is -1.79. The minimum Gasteiger partial charge on any atom is -0.328 e. The predicted molar refractivity (Wildman–Crippen MR) is 109 cm³/mol. The van der Waals surface area contributed by atoms with Crippen LogP contribution in [0.3, 0.4) is 0 Å². The van der Waals surface area contributed by atoms with Crippen molar-refractivity contribution in [2.45, 2.75) is 56.6 Å². The first-order valence-electron chi connectivity index (χ1n) is 9.56. The highest BCUT2D eigenvalue weighted by Gasteiger charge is 2.37. The molecule has 1 atom stereocenters. The van der Waals surface area contributed by atoms with Gasteiger partial charge in [-0.1, -0.05) is 61.3 Å². The molecule has 0 bridgehead atoms. The molecular formula is C20H23ClN4OS. The number of hydrogen-bond acceptors (Lipinski definition) is 5. The number of rotatable bonds is 6. The molecule has 142 valence electrons. The van der Waals surface area contributed by atoms with Crippen molar-refractivity contribution in [1.82, 2.24) is 14.8 Å². The van der Waals surface area contributed by atoms with Gasteiger partial charge >= 0.3 is 0 Å². The lowest BCUT2D eigenvalue weighted by molar-refractivity contribution is -0.116. The van der Waals surface area contributed by atoms with Gasteiger partial charge in [-0.25, -0.2) is 4.68 Å². The zero-order valence-electron chi connectivity index (χ0n) is 15.4. The number of thioether (sulfide) groups is 1. The summed E-state index contributed by atoms with van der Waals surface area (Å²) in [5, 5.41) is 9.49. The molecule has 0 saturated carbocycles. The molecule has 0 fully saturated rings. The van der Waals surface area contributed by atoms with Gasteiger partial charge in [-0.3, -0.25) is 4.79 Å². The van der Waals surface area contributed by atoms with Crippen LogP contribution in [0.1, 0.15) is 57.1 Å². The molecule has 7 heteroatoms. The van der Waals surface area contributed by atoms with E-state index in [4.69, 9.17) is 16.7 Å². The fraction of sp³-hybridized carbons (Fsp3) is 0.450. The fourth-order valence-corrected chi connectivity index (χ4v) is 4.76. The number of carbonyl (C=O) groups is 1. The summed E-state index contributed by atoms with van der Waals surface area (Å²) in [6, 6.07) is 7.39. The number of Topliss-reactive ketones (excluding diaryl/α,β-unsaturated/α-hetero) is 1. The molecule has 4 rings (SSSR count). The van der Waals surface area contributed by atoms with Crippen LogP contribution in [-0.4, -0.2) is 26.3 Å². The average molecular weight is 403 g/mol. The Balaban J connectivity index is 1.73. The lowest BCUT2D eigenvalue weighted by Gasteiger charge is -2.32. The molecule has 0 spiro atoms. The second-order valence-corrected chi connectivity index (χ2v) is 8.41. The number of anilines is 1. The van der Waals surface area contributed by atoms with Crippen molar-refractivity contribution < 1.29 is 4.79 Å². The molecule has 1 aromatic carbocycles. The van der Waals surface area contributed by atoms with Crippen molar-refractivity contribution in [1.29, 1.82) is 0 Å². The van der Waals surface area contributed by atoms with Crippen LogP contribution >= 0.6 is 23.4 Å². The zero-order valence-corrected chi connectivity index (χ0v) is 16.9. The maximum atomic E-state index is 12.8. The molecule has 27 heavy (non-hydrogen) atoms. The van der Waals surface area contributed by atoms with Crippen molar-refractivity contribution in [3.63, 3.8) is 0 Å². The first-order chi connectivity index (χ1) is 13.2. The molecule has 1 aliphatic heterocycles. The zero-order chi connectivity index (χ0) is 18.8. The molecule has 2 aliphatic rings. The summed E-state index contributed by atoms with van der Waals surface area (Å²) in [6.07, 6.45) is 5.86. The van der Waals surface area contributed by atoms with Crippen LogP contribution in [0.15, 0.2) is 40.7 Å². The second-order valence-electron chi connectivity index (χ2n) is 6.94. The van der Waals surface area contributed by atoms with E-state index in [0.717, 1.165) is 47.0 Å². The van der Waals surface area contributed by atoms with E-state index >= 15 is 0 Å². The Morgan fingerprint density at radius 3 is 2.96 bits per heavy atom. The van der Waals surface area contributed by atoms with Gasteiger partial charge < -0.3 is 5.32 Å². The summed E-state index contributed by atoms with van der Waals surface area (Å²) in [7, 11) is 0. The molecule has 2 heterocycles. The van der Waals surface area contributed by atoms with E-state index in [-0.39, 0.29) is 11.8 Å². The van der Waals surface area contributed by atoms with Crippen LogP contribution in [0, 0.1) is 0 Å². The number of allylic oxidation sites excluding steroid dienone is 2. The normalized spacial score (nSPS) is 18.9. The number of nitrogens with zero attached hydrogens (tertiary/aromatic N) is 3. The van der Waals surface area contributed by atoms with Crippen molar-refractivity contribution >= 4 is 35.1 Å². The van der Waals surface area contributed by atoms with Crippen molar-refractivity contribution in [2.75, 3.05) is 11.1 Å². The van der Waals surface area contributed by atoms with Gasteiger partial charge in [-0.15, -0.1) is 5.10 Å². The van der Waals surface area contributed by atoms with Crippen LogP contribution in [0.4, 0.5) is 5.95 Å². The number of hydrogen-bond donors (Lipinski definition) is 1. The molecule has 0 radical (unpaired) electrons. The van der Waals surface area contributed by atoms with E-state index in [2.05, 4.69) is 17.2 Å². The van der Waals surface area contributed by atoms with E-state index in [1.165, 1.54) is 12.8 Å². The van der Waals surface area contributed by atoms with Crippen molar-refractivity contribution in [2.24, 2.45) is 0 Å². The first-order valence-corrected chi connectivity index (χ1v) is 10.9. The lowest BCUT2D eigenvalue weighted by Crippen LogP contribution is -2.31. The fourth-order valence-electron chi connectivity index (χ4n) is 3.70. The van der Waals surface area contributed by atoms with Gasteiger partial charge in [0.1, 0.15) is 6.04 Å². The predicted octanol–water partition coefficient (Wildman–Crippen LogP) is 5.24. The summed E-state index contributed by atoms with van der Waals surface area (Å²) >= 11 is 8.18. The summed E-state index contributed by atoms with van der Waals surface area (Å²) in [6.45, 7) is 2.20. The first kappa shape index (κ1) is 18.6. The number of halogens is 1. The van der Waals surface area contributed by atoms with E-state index in [0.29, 0.717) is 17.4 Å². The van der Waals surface area contributed by atoms with E-state index in [1.54, 1.807) is 11.8 Å². The third kappa shape index (κ3) is 3.65. The molecule has 0 amide bonds. The molecule has 0 unspecified atom stereocenters. The maximum absolute atomic E-state index is 12.8. The summed E-state index contributed by atoms with van der Waals surface area (Å²) < 4.78 is 1.84. The molecule has 1 aliphatic carbocycles. The van der Waals surface area contributed by atoms with Gasteiger partial charge in [0.25, 0.3) is 0 Å². The third-order valence-corrected chi connectivity index (χ3v) is 6.30. The molecule has 2 aromatic rings. The van der Waals surface area contributed by atoms with Crippen LogP contribution < -0.4 is 5.32 Å². The van der Waals surface area contributed by atoms with Gasteiger partial charge in [-0.05, 0) is 25.3 Å². The number of carbonyl (C=O) groups excluding carboxylic acids is 1. The van der Waals surface area contributed by atoms with E-state index in [1.807, 2.05) is 28.9 Å². The number of nitrogens with one attached hydrogen (secondary N) is 1. The standard InChI is InChI=1S/C20H23ClN4OS/c1-2-3-6-12-27-20-23-19-22-15-10-7-11-16(26)17(15)18(25(19)24-20)13-8-4-5-9-14(13)21/h4-5,8-9,18H,2-3,6-7,10-12H2,1H3,(H,22,23,24)/t18-/m0/s1. The Morgan fingerprint density at radius 2 is 2.15 bits per heavy atom. The van der Waals surface area contributed by atoms with Gasteiger partial charge in [0.2, 0.25) is 11.1 Å². The SMILES string of the molecule is CCCCCSc1nc2n(n1)[C@@H](c1ccccc1Cl)C1=C(CCCC1=O)N2. The summed E-state index contributed by atoms with van der Waals surface area (Å²) in [4.78, 5) is 17.5. The highest BCUT2D eigenvalue weighted by Crippen LogP contribution is 2.42. The van der Waals surface area contributed by atoms with E-state index < -0.39 is 0 Å². The number of fused-ring (bicyclic) bond motifs is 1. The summed E-state index contributed by atoms with van der Waals surface area (Å²) in [5.41, 5.74) is 2.66. The minimum absolute atomic E-state index is 0.173. The number of unbranched alkanes of at least 4 members (excludes halogenated alkanes) is 2. The quantitative estimate of drug-likeness (QED) is 0.529. The van der Waals surface area contributed by atoms with E-state index in [9.17, 15) is 4.79 Å². The summed E-state index contributed by atoms with van der Waals surface area (Å²) in [5.74, 6) is 1.87. The Labute approximate surface area is 168 Å². The smallest absolute Gasteiger partial charge is 0.227 e. The van der Waals surface area contributed by atoms with Crippen LogP contribution in [0.5, 0.6) is 0 Å². The highest BCUT2D eigenvalue weighted by molar-refractivity contribution is 7.99. The van der Waals surface area contributed by atoms with Gasteiger partial charge in [0.15, 0.2) is 5.78 Å². The topological polar surface area (TPSA) is 59.8 Å². The molecule has 1 N–H and O–H groups in total. The number of aromatic nitrogens is 3. The number of ketones is 1. The van der Waals surface area contributed by atoms with Gasteiger partial charge in [0.05, 0.1) is 0 Å². The monoisotopic (exact) mass is 402 g/mol. The maximum Gasteiger partial charge on any atom is 0.227 e. The van der Waals surface area contributed by atoms with Crippen molar-refractivity contribution in [3.8, 4) is 0 Å². The minimum atomic E-state index is -0.310. The average Bonchev–Trinajstić information content (AvgIpc) is 3.07. The Morgan fingerprint density at radius 1 is 1.30 bits per heavy atom. The molecule has 5 nitrogen and oxygen atoms in total. The lowest BCUT2D eigenvalue weighted by atomic mass is 9.85. The van der Waals surface area contributed by atoms with Crippen LogP contribution in [0.2, 0.25) is 5.02 Å². The second kappa shape index (κ2) is 8.07.